The number of esters is 1. The third-order valence-electron chi connectivity index (χ3n) is 4.20. The minimum absolute atomic E-state index is 0.122. The number of aliphatic hydroxyl groups is 1. The lowest BCUT2D eigenvalue weighted by atomic mass is 10.1. The van der Waals surface area contributed by atoms with Crippen LogP contribution in [-0.4, -0.2) is 23.8 Å². The van der Waals surface area contributed by atoms with Gasteiger partial charge >= 0.3 is 5.97 Å². The predicted octanol–water partition coefficient (Wildman–Crippen LogP) is 6.53. The highest BCUT2D eigenvalue weighted by molar-refractivity contribution is 5.69. The van der Waals surface area contributed by atoms with Crippen LogP contribution in [0.5, 0.6) is 0 Å². The fraction of sp³-hybridized carbons (Fsp3) is 0.708. The number of hydrogen-bond acceptors (Lipinski definition) is 3. The quantitative estimate of drug-likeness (QED) is 0.178. The Morgan fingerprint density at radius 3 is 2.00 bits per heavy atom. The summed E-state index contributed by atoms with van der Waals surface area (Å²) >= 11 is 0. The molecule has 0 amide bonds. The number of unbranched alkanes of at least 4 members (excludes halogenated alkanes) is 5. The second kappa shape index (κ2) is 19.4. The van der Waals surface area contributed by atoms with Crippen LogP contribution in [0.4, 0.5) is 0 Å². The van der Waals surface area contributed by atoms with Gasteiger partial charge in [0.15, 0.2) is 0 Å². The monoisotopic (exact) mass is 378 g/mol. The van der Waals surface area contributed by atoms with Gasteiger partial charge in [-0.3, -0.25) is 4.79 Å². The molecule has 0 aliphatic rings. The molecule has 0 bridgehead atoms. The number of allylic oxidation sites excluding steroid dienone is 6. The molecule has 0 aromatic carbocycles. The first-order valence-corrected chi connectivity index (χ1v) is 10.8. The van der Waals surface area contributed by atoms with Gasteiger partial charge in [0, 0.05) is 6.42 Å². The zero-order valence-electron chi connectivity index (χ0n) is 17.9. The minimum atomic E-state index is -0.540. The van der Waals surface area contributed by atoms with Crippen LogP contribution in [-0.2, 0) is 9.53 Å². The van der Waals surface area contributed by atoms with Crippen molar-refractivity contribution in [3.05, 3.63) is 36.5 Å². The summed E-state index contributed by atoms with van der Waals surface area (Å²) in [6.07, 6.45) is 23.8. The lowest BCUT2D eigenvalue weighted by Gasteiger charge is -2.13. The van der Waals surface area contributed by atoms with Crippen molar-refractivity contribution in [1.82, 2.24) is 0 Å². The molecule has 1 atom stereocenters. The van der Waals surface area contributed by atoms with Crippen molar-refractivity contribution in [2.45, 2.75) is 97.5 Å². The molecule has 27 heavy (non-hydrogen) atoms. The van der Waals surface area contributed by atoms with Gasteiger partial charge in [-0.1, -0.05) is 70.1 Å². The standard InChI is InChI=1S/C24H42O3/c1-4-5-6-7-8-9-10-11-12-13-14-15-16-17-18-19-24(26)27-21-23(25)20-22(2)3/h8-9,11-12,14-15,22-23,25H,4-7,10,13,16-21H2,1-3H3/b9-8-,12-11-,15-14-. The van der Waals surface area contributed by atoms with Gasteiger partial charge in [-0.05, 0) is 57.3 Å². The van der Waals surface area contributed by atoms with Gasteiger partial charge in [0.25, 0.3) is 0 Å². The first kappa shape index (κ1) is 25.6. The SMILES string of the molecule is CCCCC/C=C\C/C=C\C/C=C\CCCCC(=O)OCC(O)CC(C)C. The van der Waals surface area contributed by atoms with Gasteiger partial charge in [0.2, 0.25) is 0 Å². The average molecular weight is 379 g/mol. The van der Waals surface area contributed by atoms with E-state index < -0.39 is 6.10 Å². The van der Waals surface area contributed by atoms with E-state index in [9.17, 15) is 9.90 Å². The number of hydrogen-bond donors (Lipinski definition) is 1. The van der Waals surface area contributed by atoms with Crippen LogP contribution >= 0.6 is 0 Å². The molecular formula is C24H42O3. The summed E-state index contributed by atoms with van der Waals surface area (Å²) in [5.41, 5.74) is 0. The Balaban J connectivity index is 3.48. The first-order chi connectivity index (χ1) is 13.1. The molecule has 0 spiro atoms. The average Bonchev–Trinajstić information content (AvgIpc) is 2.62. The summed E-state index contributed by atoms with van der Waals surface area (Å²) < 4.78 is 5.10. The van der Waals surface area contributed by atoms with E-state index in [1.54, 1.807) is 0 Å². The van der Waals surface area contributed by atoms with Crippen LogP contribution in [0.15, 0.2) is 36.5 Å². The van der Waals surface area contributed by atoms with Crippen molar-refractivity contribution in [2.75, 3.05) is 6.61 Å². The van der Waals surface area contributed by atoms with Crippen molar-refractivity contribution >= 4 is 5.97 Å². The van der Waals surface area contributed by atoms with Crippen molar-refractivity contribution in [3.63, 3.8) is 0 Å². The lowest BCUT2D eigenvalue weighted by molar-refractivity contribution is -0.147. The van der Waals surface area contributed by atoms with Crippen molar-refractivity contribution in [2.24, 2.45) is 5.92 Å². The number of aliphatic hydroxyl groups excluding tert-OH is 1. The molecular weight excluding hydrogens is 336 g/mol. The van der Waals surface area contributed by atoms with Gasteiger partial charge in [-0.25, -0.2) is 0 Å². The van der Waals surface area contributed by atoms with E-state index >= 15 is 0 Å². The Bertz CT molecular complexity index is 421. The van der Waals surface area contributed by atoms with Gasteiger partial charge in [-0.2, -0.15) is 0 Å². The Labute approximate surface area is 167 Å². The van der Waals surface area contributed by atoms with Crippen LogP contribution in [0.25, 0.3) is 0 Å². The highest BCUT2D eigenvalue weighted by Crippen LogP contribution is 2.07. The molecule has 0 aromatic heterocycles. The molecule has 0 aromatic rings. The van der Waals surface area contributed by atoms with Gasteiger partial charge in [-0.15, -0.1) is 0 Å². The fourth-order valence-corrected chi connectivity index (χ4v) is 2.69. The largest absolute Gasteiger partial charge is 0.463 e. The van der Waals surface area contributed by atoms with E-state index in [1.165, 1.54) is 25.7 Å². The van der Waals surface area contributed by atoms with E-state index in [-0.39, 0.29) is 12.6 Å². The Hall–Kier alpha value is -1.35. The molecule has 3 nitrogen and oxygen atoms in total. The van der Waals surface area contributed by atoms with Gasteiger partial charge < -0.3 is 9.84 Å². The topological polar surface area (TPSA) is 46.5 Å². The molecule has 1 unspecified atom stereocenters. The highest BCUT2D eigenvalue weighted by atomic mass is 16.5. The normalized spacial score (nSPS) is 13.4. The molecule has 0 saturated carbocycles. The summed E-state index contributed by atoms with van der Waals surface area (Å²) in [5.74, 6) is 0.208. The van der Waals surface area contributed by atoms with E-state index in [1.807, 2.05) is 13.8 Å². The summed E-state index contributed by atoms with van der Waals surface area (Å²) in [7, 11) is 0. The zero-order chi connectivity index (χ0) is 20.2. The maximum Gasteiger partial charge on any atom is 0.305 e. The second-order valence-corrected chi connectivity index (χ2v) is 7.59. The van der Waals surface area contributed by atoms with Crippen molar-refractivity contribution in [1.29, 1.82) is 0 Å². The van der Waals surface area contributed by atoms with Crippen LogP contribution in [0.2, 0.25) is 0 Å². The molecule has 0 rings (SSSR count). The van der Waals surface area contributed by atoms with Gasteiger partial charge in [0.1, 0.15) is 6.61 Å². The number of ether oxygens (including phenoxy) is 1. The van der Waals surface area contributed by atoms with Gasteiger partial charge in [0.05, 0.1) is 6.10 Å². The predicted molar refractivity (Wildman–Crippen MR) is 116 cm³/mol. The van der Waals surface area contributed by atoms with Crippen LogP contribution in [0.1, 0.15) is 91.4 Å². The molecule has 3 heteroatoms. The molecule has 0 aliphatic carbocycles. The van der Waals surface area contributed by atoms with E-state index in [4.69, 9.17) is 4.74 Å². The Morgan fingerprint density at radius 1 is 0.889 bits per heavy atom. The molecule has 0 aliphatic heterocycles. The smallest absolute Gasteiger partial charge is 0.305 e. The maximum atomic E-state index is 11.6. The summed E-state index contributed by atoms with van der Waals surface area (Å²) in [5, 5.41) is 9.68. The Kier molecular flexibility index (Phi) is 18.4. The van der Waals surface area contributed by atoms with E-state index in [0.29, 0.717) is 18.8 Å². The Morgan fingerprint density at radius 2 is 1.44 bits per heavy atom. The molecule has 0 heterocycles. The van der Waals surface area contributed by atoms with Crippen LogP contribution in [0, 0.1) is 5.92 Å². The third kappa shape index (κ3) is 20.8. The fourth-order valence-electron chi connectivity index (χ4n) is 2.69. The minimum Gasteiger partial charge on any atom is -0.463 e. The highest BCUT2D eigenvalue weighted by Gasteiger charge is 2.10. The zero-order valence-corrected chi connectivity index (χ0v) is 17.9. The summed E-state index contributed by atoms with van der Waals surface area (Å²) in [6, 6.07) is 0. The summed E-state index contributed by atoms with van der Waals surface area (Å²) in [6.45, 7) is 6.44. The van der Waals surface area contributed by atoms with Crippen molar-refractivity contribution in [3.8, 4) is 0 Å². The van der Waals surface area contributed by atoms with E-state index in [0.717, 1.165) is 32.1 Å². The molecule has 1 N–H and O–H groups in total. The molecule has 156 valence electrons. The number of rotatable bonds is 17. The van der Waals surface area contributed by atoms with Crippen LogP contribution < -0.4 is 0 Å². The molecule has 0 radical (unpaired) electrons. The van der Waals surface area contributed by atoms with E-state index in [2.05, 4.69) is 43.4 Å². The summed E-state index contributed by atoms with van der Waals surface area (Å²) in [4.78, 5) is 11.6. The number of carbonyl (C=O) groups excluding carboxylic acids is 1. The van der Waals surface area contributed by atoms with Crippen LogP contribution in [0.3, 0.4) is 0 Å². The third-order valence-corrected chi connectivity index (χ3v) is 4.20. The second-order valence-electron chi connectivity index (χ2n) is 7.59. The lowest BCUT2D eigenvalue weighted by Crippen LogP contribution is -2.20. The maximum absolute atomic E-state index is 11.6. The van der Waals surface area contributed by atoms with Crippen molar-refractivity contribution < 1.29 is 14.6 Å². The molecule has 0 fully saturated rings. The molecule has 0 saturated heterocycles. The first-order valence-electron chi connectivity index (χ1n) is 10.8. The number of carbonyl (C=O) groups is 1.